The second kappa shape index (κ2) is 7.75. The fraction of sp³-hybridized carbons (Fsp3) is 0.263. The van der Waals surface area contributed by atoms with E-state index in [9.17, 15) is 4.79 Å². The third-order valence-electron chi connectivity index (χ3n) is 3.92. The SMILES string of the molecule is NCCCNC(=O)CCc1nc2ccccc2n1-c1ccccc1. The molecule has 0 spiro atoms. The number of hydrogen-bond donors (Lipinski definition) is 2. The van der Waals surface area contributed by atoms with Crippen molar-refractivity contribution in [3.63, 3.8) is 0 Å². The van der Waals surface area contributed by atoms with E-state index in [1.54, 1.807) is 0 Å². The van der Waals surface area contributed by atoms with Gasteiger partial charge < -0.3 is 11.1 Å². The third kappa shape index (κ3) is 3.63. The summed E-state index contributed by atoms with van der Waals surface area (Å²) in [5.41, 5.74) is 8.50. The van der Waals surface area contributed by atoms with Crippen LogP contribution in [0.2, 0.25) is 0 Å². The maximum absolute atomic E-state index is 12.0. The lowest BCUT2D eigenvalue weighted by molar-refractivity contribution is -0.121. The van der Waals surface area contributed by atoms with Gasteiger partial charge in [0.2, 0.25) is 5.91 Å². The minimum Gasteiger partial charge on any atom is -0.356 e. The van der Waals surface area contributed by atoms with Crippen LogP contribution in [0.4, 0.5) is 0 Å². The first kappa shape index (κ1) is 16.2. The Balaban J connectivity index is 1.84. The van der Waals surface area contributed by atoms with E-state index in [-0.39, 0.29) is 5.91 Å². The summed E-state index contributed by atoms with van der Waals surface area (Å²) in [5.74, 6) is 0.937. The fourth-order valence-corrected chi connectivity index (χ4v) is 2.75. The van der Waals surface area contributed by atoms with Crippen molar-refractivity contribution in [1.29, 1.82) is 0 Å². The van der Waals surface area contributed by atoms with Gasteiger partial charge in [-0.3, -0.25) is 9.36 Å². The number of hydrogen-bond acceptors (Lipinski definition) is 3. The molecule has 0 unspecified atom stereocenters. The molecule has 1 amide bonds. The molecule has 3 aromatic rings. The number of nitrogens with two attached hydrogens (primary N) is 1. The van der Waals surface area contributed by atoms with Gasteiger partial charge in [0.15, 0.2) is 0 Å². The van der Waals surface area contributed by atoms with Gasteiger partial charge in [0.05, 0.1) is 11.0 Å². The van der Waals surface area contributed by atoms with Gasteiger partial charge in [0.1, 0.15) is 5.82 Å². The van der Waals surface area contributed by atoms with E-state index in [0.29, 0.717) is 25.9 Å². The fourth-order valence-electron chi connectivity index (χ4n) is 2.75. The van der Waals surface area contributed by atoms with Crippen LogP contribution in [-0.2, 0) is 11.2 Å². The zero-order valence-electron chi connectivity index (χ0n) is 13.6. The normalized spacial score (nSPS) is 10.9. The van der Waals surface area contributed by atoms with E-state index in [1.807, 2.05) is 36.4 Å². The van der Waals surface area contributed by atoms with E-state index >= 15 is 0 Å². The highest BCUT2D eigenvalue weighted by Gasteiger charge is 2.13. The van der Waals surface area contributed by atoms with E-state index in [2.05, 4.69) is 28.1 Å². The van der Waals surface area contributed by atoms with Crippen LogP contribution in [0.25, 0.3) is 16.7 Å². The Labute approximate surface area is 141 Å². The van der Waals surface area contributed by atoms with Crippen LogP contribution < -0.4 is 11.1 Å². The number of para-hydroxylation sites is 3. The van der Waals surface area contributed by atoms with Crippen LogP contribution in [-0.4, -0.2) is 28.5 Å². The van der Waals surface area contributed by atoms with Crippen molar-refractivity contribution < 1.29 is 4.79 Å². The maximum atomic E-state index is 12.0. The Morgan fingerprint density at radius 2 is 1.83 bits per heavy atom. The molecule has 3 N–H and O–H groups in total. The zero-order valence-corrected chi connectivity index (χ0v) is 13.6. The number of aromatic nitrogens is 2. The molecule has 0 saturated heterocycles. The summed E-state index contributed by atoms with van der Waals surface area (Å²) in [6.07, 6.45) is 1.81. The molecule has 5 nitrogen and oxygen atoms in total. The summed E-state index contributed by atoms with van der Waals surface area (Å²) < 4.78 is 2.13. The number of amides is 1. The molecule has 0 atom stereocenters. The van der Waals surface area contributed by atoms with Crippen LogP contribution in [0.1, 0.15) is 18.7 Å². The lowest BCUT2D eigenvalue weighted by Gasteiger charge is -2.09. The van der Waals surface area contributed by atoms with Crippen LogP contribution in [0, 0.1) is 0 Å². The number of imidazole rings is 1. The molecule has 1 aromatic heterocycles. The van der Waals surface area contributed by atoms with Gasteiger partial charge in [-0.2, -0.15) is 0 Å². The number of fused-ring (bicyclic) bond motifs is 1. The first-order chi connectivity index (χ1) is 11.8. The number of nitrogens with one attached hydrogen (secondary N) is 1. The van der Waals surface area contributed by atoms with E-state index in [4.69, 9.17) is 10.7 Å². The van der Waals surface area contributed by atoms with Crippen molar-refractivity contribution in [2.24, 2.45) is 5.73 Å². The lowest BCUT2D eigenvalue weighted by Crippen LogP contribution is -2.26. The predicted octanol–water partition coefficient (Wildman–Crippen LogP) is 2.42. The Bertz CT molecular complexity index is 811. The topological polar surface area (TPSA) is 72.9 Å². The van der Waals surface area contributed by atoms with E-state index in [1.165, 1.54) is 0 Å². The third-order valence-corrected chi connectivity index (χ3v) is 3.92. The van der Waals surface area contributed by atoms with Crippen molar-refractivity contribution in [1.82, 2.24) is 14.9 Å². The van der Waals surface area contributed by atoms with Crippen molar-refractivity contribution in [3.05, 3.63) is 60.4 Å². The van der Waals surface area contributed by atoms with Gasteiger partial charge in [0.25, 0.3) is 0 Å². The van der Waals surface area contributed by atoms with Gasteiger partial charge in [-0.15, -0.1) is 0 Å². The molecular weight excluding hydrogens is 300 g/mol. The standard InChI is InChI=1S/C19H22N4O/c20-13-6-14-21-19(24)12-11-18-22-16-9-4-5-10-17(16)23(18)15-7-2-1-3-8-15/h1-5,7-10H,6,11-14,20H2,(H,21,24). The van der Waals surface area contributed by atoms with Crippen molar-refractivity contribution >= 4 is 16.9 Å². The second-order valence-corrected chi connectivity index (χ2v) is 5.68. The molecule has 3 rings (SSSR count). The Morgan fingerprint density at radius 3 is 2.62 bits per heavy atom. The van der Waals surface area contributed by atoms with E-state index in [0.717, 1.165) is 29.0 Å². The largest absolute Gasteiger partial charge is 0.356 e. The van der Waals surface area contributed by atoms with Gasteiger partial charge in [-0.1, -0.05) is 30.3 Å². The summed E-state index contributed by atoms with van der Waals surface area (Å²) in [5, 5.41) is 2.89. The summed E-state index contributed by atoms with van der Waals surface area (Å²) in [4.78, 5) is 16.7. The summed E-state index contributed by atoms with van der Waals surface area (Å²) in [7, 11) is 0. The highest BCUT2D eigenvalue weighted by Crippen LogP contribution is 2.22. The highest BCUT2D eigenvalue weighted by atomic mass is 16.1. The van der Waals surface area contributed by atoms with Crippen LogP contribution in [0.15, 0.2) is 54.6 Å². The number of nitrogens with zero attached hydrogens (tertiary/aromatic N) is 2. The molecule has 2 aromatic carbocycles. The first-order valence-corrected chi connectivity index (χ1v) is 8.28. The average Bonchev–Trinajstić information content (AvgIpc) is 2.99. The van der Waals surface area contributed by atoms with E-state index < -0.39 is 0 Å². The molecule has 0 fully saturated rings. The lowest BCUT2D eigenvalue weighted by atomic mass is 10.2. The number of benzene rings is 2. The summed E-state index contributed by atoms with van der Waals surface area (Å²) in [6, 6.07) is 18.2. The van der Waals surface area contributed by atoms with Gasteiger partial charge >= 0.3 is 0 Å². The molecular formula is C19H22N4O. The number of rotatable bonds is 7. The molecule has 0 saturated carbocycles. The summed E-state index contributed by atoms with van der Waals surface area (Å²) >= 11 is 0. The van der Waals surface area contributed by atoms with Crippen molar-refractivity contribution in [2.45, 2.75) is 19.3 Å². The Morgan fingerprint density at radius 1 is 1.08 bits per heavy atom. The van der Waals surface area contributed by atoms with Gasteiger partial charge in [-0.25, -0.2) is 4.98 Å². The quantitative estimate of drug-likeness (QED) is 0.656. The molecule has 0 radical (unpaired) electrons. The molecule has 24 heavy (non-hydrogen) atoms. The van der Waals surface area contributed by atoms with Crippen molar-refractivity contribution in [3.8, 4) is 5.69 Å². The Kier molecular flexibility index (Phi) is 5.23. The first-order valence-electron chi connectivity index (χ1n) is 8.28. The predicted molar refractivity (Wildman–Crippen MR) is 96.1 cm³/mol. The average molecular weight is 322 g/mol. The molecule has 5 heteroatoms. The maximum Gasteiger partial charge on any atom is 0.220 e. The van der Waals surface area contributed by atoms with Crippen molar-refractivity contribution in [2.75, 3.05) is 13.1 Å². The second-order valence-electron chi connectivity index (χ2n) is 5.68. The minimum atomic E-state index is 0.0371. The summed E-state index contributed by atoms with van der Waals surface area (Å²) in [6.45, 7) is 1.22. The zero-order chi connectivity index (χ0) is 16.8. The van der Waals surface area contributed by atoms with Crippen LogP contribution in [0.5, 0.6) is 0 Å². The number of carbonyl (C=O) groups is 1. The Hall–Kier alpha value is -2.66. The monoisotopic (exact) mass is 322 g/mol. The smallest absolute Gasteiger partial charge is 0.220 e. The molecule has 0 aliphatic rings. The molecule has 124 valence electrons. The van der Waals surface area contributed by atoms with Gasteiger partial charge in [-0.05, 0) is 37.2 Å². The number of aryl methyl sites for hydroxylation is 1. The molecule has 0 bridgehead atoms. The molecule has 0 aliphatic heterocycles. The molecule has 1 heterocycles. The van der Waals surface area contributed by atoms with Crippen LogP contribution >= 0.6 is 0 Å². The minimum absolute atomic E-state index is 0.0371. The highest BCUT2D eigenvalue weighted by molar-refractivity contribution is 5.79. The molecule has 0 aliphatic carbocycles. The van der Waals surface area contributed by atoms with Crippen LogP contribution in [0.3, 0.4) is 0 Å². The number of carbonyl (C=O) groups excluding carboxylic acids is 1. The van der Waals surface area contributed by atoms with Gasteiger partial charge in [0, 0.05) is 25.1 Å².